The van der Waals surface area contributed by atoms with Crippen LogP contribution in [-0.2, 0) is 0 Å². The average Bonchev–Trinajstić information content (AvgIpc) is 2.45. The lowest BCUT2D eigenvalue weighted by Gasteiger charge is -2.38. The van der Waals surface area contributed by atoms with E-state index in [9.17, 15) is 0 Å². The summed E-state index contributed by atoms with van der Waals surface area (Å²) in [4.78, 5) is 4.74. The zero-order valence-corrected chi connectivity index (χ0v) is 13.6. The van der Waals surface area contributed by atoms with Crippen molar-refractivity contribution in [3.8, 4) is 0 Å². The number of hydrogen-bond acceptors (Lipinski definition) is 3. The van der Waals surface area contributed by atoms with E-state index in [1.807, 2.05) is 23.9 Å². The van der Waals surface area contributed by atoms with E-state index in [4.69, 9.17) is 28.2 Å². The molecule has 0 radical (unpaired) electrons. The summed E-state index contributed by atoms with van der Waals surface area (Å²) in [5.41, 5.74) is 1.33. The van der Waals surface area contributed by atoms with E-state index in [0.717, 1.165) is 17.4 Å². The molecule has 1 fully saturated rings. The van der Waals surface area contributed by atoms with Gasteiger partial charge in [-0.25, -0.2) is 0 Å². The lowest BCUT2D eigenvalue weighted by Crippen LogP contribution is -2.35. The van der Waals surface area contributed by atoms with Crippen LogP contribution in [-0.4, -0.2) is 17.5 Å². The fourth-order valence-corrected chi connectivity index (χ4v) is 4.55. The zero-order chi connectivity index (χ0) is 14.0. The maximum atomic E-state index is 6.18. The number of nitrogens with zero attached hydrogens (tertiary/aromatic N) is 1. The van der Waals surface area contributed by atoms with Gasteiger partial charge in [-0.2, -0.15) is 0 Å². The molecule has 2 aliphatic rings. The molecule has 5 heteroatoms. The van der Waals surface area contributed by atoms with Crippen LogP contribution in [0, 0.1) is 5.41 Å². The first kappa shape index (κ1) is 14.6. The highest BCUT2D eigenvalue weighted by atomic mass is 35.5. The number of amidine groups is 1. The molecule has 1 N–H and O–H groups in total. The number of hydrogen-bond donors (Lipinski definition) is 1. The highest BCUT2D eigenvalue weighted by Crippen LogP contribution is 2.42. The molecule has 1 aliphatic carbocycles. The maximum Gasteiger partial charge on any atom is 0.161 e. The molecule has 0 atom stereocenters. The third-order valence-corrected chi connectivity index (χ3v) is 5.97. The summed E-state index contributed by atoms with van der Waals surface area (Å²) < 4.78 is 0. The van der Waals surface area contributed by atoms with Crippen LogP contribution in [0.2, 0.25) is 10.0 Å². The highest BCUT2D eigenvalue weighted by molar-refractivity contribution is 8.14. The summed E-state index contributed by atoms with van der Waals surface area (Å²) in [5.74, 6) is 1.17. The van der Waals surface area contributed by atoms with Gasteiger partial charge < -0.3 is 5.32 Å². The molecular weight excluding hydrogens is 311 g/mol. The minimum atomic E-state index is 0.456. The van der Waals surface area contributed by atoms with Gasteiger partial charge in [0.05, 0.1) is 10.7 Å². The van der Waals surface area contributed by atoms with Crippen molar-refractivity contribution < 1.29 is 0 Å². The van der Waals surface area contributed by atoms with E-state index in [1.165, 1.54) is 37.9 Å². The Balaban J connectivity index is 1.67. The Kier molecular flexibility index (Phi) is 4.49. The quantitative estimate of drug-likeness (QED) is 0.740. The summed E-state index contributed by atoms with van der Waals surface area (Å²) in [6, 6.07) is 5.49. The van der Waals surface area contributed by atoms with Crippen molar-refractivity contribution >= 4 is 45.8 Å². The Bertz CT molecular complexity index is 525. The number of thioether (sulfide) groups is 1. The summed E-state index contributed by atoms with van der Waals surface area (Å²) in [6.45, 7) is 0.952. The van der Waals surface area contributed by atoms with Crippen molar-refractivity contribution in [1.29, 1.82) is 0 Å². The minimum Gasteiger partial charge on any atom is -0.334 e. The van der Waals surface area contributed by atoms with Gasteiger partial charge in [0.25, 0.3) is 0 Å². The van der Waals surface area contributed by atoms with Crippen molar-refractivity contribution in [3.05, 3.63) is 28.2 Å². The second-order valence-electron chi connectivity index (χ2n) is 5.72. The first-order chi connectivity index (χ1) is 9.67. The van der Waals surface area contributed by atoms with Gasteiger partial charge in [0.2, 0.25) is 0 Å². The average molecular weight is 329 g/mol. The first-order valence-electron chi connectivity index (χ1n) is 7.06. The number of benzene rings is 1. The fourth-order valence-electron chi connectivity index (χ4n) is 2.94. The molecule has 0 amide bonds. The molecule has 1 spiro atoms. The fraction of sp³-hybridized carbons (Fsp3) is 0.533. The summed E-state index contributed by atoms with van der Waals surface area (Å²) >= 11 is 13.9. The Labute approximate surface area is 134 Å². The van der Waals surface area contributed by atoms with Gasteiger partial charge in [-0.1, -0.05) is 54.2 Å². The summed E-state index contributed by atoms with van der Waals surface area (Å²) in [6.07, 6.45) is 6.78. The number of rotatable bonds is 1. The highest BCUT2D eigenvalue weighted by Gasteiger charge is 2.34. The van der Waals surface area contributed by atoms with Crippen molar-refractivity contribution in [1.82, 2.24) is 0 Å². The number of halogens is 2. The topological polar surface area (TPSA) is 24.4 Å². The Hall–Kier alpha value is -0.380. The maximum absolute atomic E-state index is 6.18. The van der Waals surface area contributed by atoms with Crippen molar-refractivity contribution in [3.63, 3.8) is 0 Å². The van der Waals surface area contributed by atoms with Crippen LogP contribution >= 0.6 is 35.0 Å². The molecular formula is C15H18Cl2N2S. The van der Waals surface area contributed by atoms with Gasteiger partial charge in [-0.15, -0.1) is 0 Å². The Morgan fingerprint density at radius 1 is 1.15 bits per heavy atom. The second kappa shape index (κ2) is 6.17. The molecule has 2 nitrogen and oxygen atoms in total. The van der Waals surface area contributed by atoms with E-state index in [0.29, 0.717) is 15.5 Å². The second-order valence-corrected chi connectivity index (χ2v) is 7.53. The van der Waals surface area contributed by atoms with Crippen molar-refractivity contribution in [2.75, 3.05) is 17.6 Å². The smallest absolute Gasteiger partial charge is 0.161 e. The monoisotopic (exact) mass is 328 g/mol. The molecule has 1 heterocycles. The van der Waals surface area contributed by atoms with Gasteiger partial charge in [0, 0.05) is 17.3 Å². The van der Waals surface area contributed by atoms with Crippen LogP contribution in [0.3, 0.4) is 0 Å². The van der Waals surface area contributed by atoms with Crippen LogP contribution in [0.25, 0.3) is 0 Å². The van der Waals surface area contributed by atoms with E-state index >= 15 is 0 Å². The minimum absolute atomic E-state index is 0.456. The van der Waals surface area contributed by atoms with E-state index < -0.39 is 0 Å². The normalized spacial score (nSPS) is 21.6. The molecule has 3 rings (SSSR count). The molecule has 1 saturated carbocycles. The van der Waals surface area contributed by atoms with E-state index in [2.05, 4.69) is 5.32 Å². The van der Waals surface area contributed by atoms with Crippen LogP contribution in [0.4, 0.5) is 5.69 Å². The van der Waals surface area contributed by atoms with E-state index in [-0.39, 0.29) is 0 Å². The molecule has 0 saturated heterocycles. The van der Waals surface area contributed by atoms with Gasteiger partial charge in [0.15, 0.2) is 5.17 Å². The molecule has 1 aliphatic heterocycles. The van der Waals surface area contributed by atoms with Gasteiger partial charge >= 0.3 is 0 Å². The molecule has 0 unspecified atom stereocenters. The molecule has 0 aromatic heterocycles. The third-order valence-electron chi connectivity index (χ3n) is 4.16. The third kappa shape index (κ3) is 3.26. The van der Waals surface area contributed by atoms with Crippen molar-refractivity contribution in [2.24, 2.45) is 10.4 Å². The van der Waals surface area contributed by atoms with Crippen LogP contribution in [0.1, 0.15) is 32.1 Å². The molecule has 1 aromatic rings. The zero-order valence-electron chi connectivity index (χ0n) is 11.3. The standard InChI is InChI=1S/C15H18Cl2N2S/c16-11-4-5-13(12(17)8-11)19-14-18-9-15(10-20-14)6-2-1-3-7-15/h4-5,8H,1-3,6-7,9-10H2,(H,18,19). The molecule has 108 valence electrons. The molecule has 0 bridgehead atoms. The van der Waals surface area contributed by atoms with Crippen LogP contribution < -0.4 is 5.32 Å². The largest absolute Gasteiger partial charge is 0.334 e. The van der Waals surface area contributed by atoms with Crippen molar-refractivity contribution in [2.45, 2.75) is 32.1 Å². The van der Waals surface area contributed by atoms with E-state index in [1.54, 1.807) is 6.07 Å². The van der Waals surface area contributed by atoms with Gasteiger partial charge in [-0.3, -0.25) is 4.99 Å². The number of anilines is 1. The SMILES string of the molecule is Clc1ccc(NC2=NCC3(CCCCC3)CS2)c(Cl)c1. The predicted octanol–water partition coefficient (Wildman–Crippen LogP) is 5.46. The first-order valence-corrected chi connectivity index (χ1v) is 8.80. The Morgan fingerprint density at radius 2 is 1.95 bits per heavy atom. The Morgan fingerprint density at radius 3 is 2.60 bits per heavy atom. The number of nitrogens with one attached hydrogen (secondary N) is 1. The van der Waals surface area contributed by atoms with Crippen LogP contribution in [0.15, 0.2) is 23.2 Å². The summed E-state index contributed by atoms with van der Waals surface area (Å²) in [7, 11) is 0. The van der Waals surface area contributed by atoms with Crippen LogP contribution in [0.5, 0.6) is 0 Å². The lowest BCUT2D eigenvalue weighted by molar-refractivity contribution is 0.232. The predicted molar refractivity (Wildman–Crippen MR) is 90.4 cm³/mol. The van der Waals surface area contributed by atoms with Gasteiger partial charge in [-0.05, 0) is 36.5 Å². The van der Waals surface area contributed by atoms with Gasteiger partial charge in [0.1, 0.15) is 0 Å². The summed E-state index contributed by atoms with van der Waals surface area (Å²) in [5, 5.41) is 5.59. The lowest BCUT2D eigenvalue weighted by atomic mass is 9.75. The number of aliphatic imine (C=N–C) groups is 1. The molecule has 20 heavy (non-hydrogen) atoms. The molecule has 1 aromatic carbocycles.